The van der Waals surface area contributed by atoms with E-state index in [0.29, 0.717) is 35.6 Å². The third-order valence-electron chi connectivity index (χ3n) is 5.30. The predicted molar refractivity (Wildman–Crippen MR) is 102 cm³/mol. The van der Waals surface area contributed by atoms with E-state index in [1.807, 2.05) is 0 Å². The summed E-state index contributed by atoms with van der Waals surface area (Å²) in [6.45, 7) is 3.56. The number of imidazole rings is 1. The maximum Gasteiger partial charge on any atom is 0.292 e. The van der Waals surface area contributed by atoms with E-state index in [0.717, 1.165) is 5.69 Å². The van der Waals surface area contributed by atoms with Gasteiger partial charge in [-0.15, -0.1) is 0 Å². The van der Waals surface area contributed by atoms with Gasteiger partial charge in [-0.3, -0.25) is 4.79 Å². The first-order valence-electron chi connectivity index (χ1n) is 9.56. The maximum absolute atomic E-state index is 14.2. The molecule has 30 heavy (non-hydrogen) atoms. The van der Waals surface area contributed by atoms with Gasteiger partial charge in [0, 0.05) is 24.9 Å². The number of oxazole rings is 1. The van der Waals surface area contributed by atoms with Crippen LogP contribution < -0.4 is 0 Å². The molecule has 9 nitrogen and oxygen atoms in total. The molecule has 1 unspecified atom stereocenters. The van der Waals surface area contributed by atoms with Crippen molar-refractivity contribution in [1.82, 2.24) is 29.5 Å². The fourth-order valence-electron chi connectivity index (χ4n) is 3.85. The molecule has 2 atom stereocenters. The molecule has 4 aromatic heterocycles. The van der Waals surface area contributed by atoms with Gasteiger partial charge in [0.15, 0.2) is 0 Å². The van der Waals surface area contributed by atoms with E-state index in [-0.39, 0.29) is 17.6 Å². The van der Waals surface area contributed by atoms with Crippen LogP contribution in [0, 0.1) is 12.7 Å². The number of nitrogens with one attached hydrogen (secondary N) is 1. The number of aliphatic hydroxyl groups excluding tert-OH is 1. The number of hydrogen-bond donors (Lipinski definition) is 2. The third kappa shape index (κ3) is 2.79. The number of aromatic nitrogens is 5. The highest BCUT2D eigenvalue weighted by atomic mass is 19.1. The molecule has 1 aliphatic heterocycles. The Morgan fingerprint density at radius 3 is 3.03 bits per heavy atom. The molecule has 0 saturated heterocycles. The first-order chi connectivity index (χ1) is 14.4. The van der Waals surface area contributed by atoms with Gasteiger partial charge in [0.25, 0.3) is 5.91 Å². The normalized spacial score (nSPS) is 17.3. The summed E-state index contributed by atoms with van der Waals surface area (Å²) >= 11 is 0. The van der Waals surface area contributed by atoms with E-state index in [2.05, 4.69) is 20.1 Å². The largest absolute Gasteiger partial charge is 0.432 e. The van der Waals surface area contributed by atoms with Crippen molar-refractivity contribution in [2.75, 3.05) is 6.54 Å². The minimum absolute atomic E-state index is 0.0600. The number of fused-ring (bicyclic) bond motifs is 2. The summed E-state index contributed by atoms with van der Waals surface area (Å²) in [7, 11) is 0. The number of halogens is 1. The molecule has 0 saturated carbocycles. The number of carbonyl (C=O) groups is 1. The van der Waals surface area contributed by atoms with Crippen LogP contribution in [0.25, 0.3) is 5.52 Å². The van der Waals surface area contributed by atoms with Gasteiger partial charge in [-0.05, 0) is 32.0 Å². The van der Waals surface area contributed by atoms with Crippen LogP contribution in [0.5, 0.6) is 0 Å². The van der Waals surface area contributed by atoms with E-state index >= 15 is 0 Å². The lowest BCUT2D eigenvalue weighted by atomic mass is 9.99. The molecule has 0 spiro atoms. The second-order valence-corrected chi connectivity index (χ2v) is 7.32. The molecule has 5 heterocycles. The smallest absolute Gasteiger partial charge is 0.292 e. The van der Waals surface area contributed by atoms with E-state index in [4.69, 9.17) is 4.42 Å². The summed E-state index contributed by atoms with van der Waals surface area (Å²) in [5.74, 6) is -0.646. The monoisotopic (exact) mass is 410 g/mol. The van der Waals surface area contributed by atoms with Crippen molar-refractivity contribution in [3.63, 3.8) is 0 Å². The van der Waals surface area contributed by atoms with E-state index in [1.54, 1.807) is 36.5 Å². The number of pyridine rings is 1. The Balaban J connectivity index is 1.62. The summed E-state index contributed by atoms with van der Waals surface area (Å²) in [6, 6.07) is 3.93. The average molecular weight is 410 g/mol. The topological polar surface area (TPSA) is 113 Å². The average Bonchev–Trinajstić information content (AvgIpc) is 3.44. The molecule has 1 amide bonds. The molecule has 5 rings (SSSR count). The summed E-state index contributed by atoms with van der Waals surface area (Å²) < 4.78 is 21.2. The SMILES string of the molecule is Cc1nc(C(C)O)oc1C(=O)N1CCc2[nH]cnc2[C@@H]1c1cc2c(F)cccn2n1. The zero-order chi connectivity index (χ0) is 21.0. The molecular weight excluding hydrogens is 391 g/mol. The van der Waals surface area contributed by atoms with Crippen LogP contribution in [-0.2, 0) is 6.42 Å². The Morgan fingerprint density at radius 2 is 2.30 bits per heavy atom. The quantitative estimate of drug-likeness (QED) is 0.536. The lowest BCUT2D eigenvalue weighted by Gasteiger charge is -2.33. The Labute approximate surface area is 170 Å². The molecule has 4 aromatic rings. The van der Waals surface area contributed by atoms with Crippen LogP contribution in [0.2, 0.25) is 0 Å². The van der Waals surface area contributed by atoms with Crippen molar-refractivity contribution in [1.29, 1.82) is 0 Å². The van der Waals surface area contributed by atoms with Gasteiger partial charge >= 0.3 is 0 Å². The van der Waals surface area contributed by atoms with Crippen LogP contribution in [-0.4, -0.2) is 47.0 Å². The molecular formula is C20H19FN6O3. The highest BCUT2D eigenvalue weighted by Gasteiger charge is 2.38. The number of nitrogens with zero attached hydrogens (tertiary/aromatic N) is 5. The summed E-state index contributed by atoms with van der Waals surface area (Å²) in [5, 5.41) is 14.2. The Hall–Kier alpha value is -3.53. The number of aliphatic hydroxyl groups is 1. The molecule has 0 radical (unpaired) electrons. The molecule has 0 aromatic carbocycles. The van der Waals surface area contributed by atoms with E-state index in [9.17, 15) is 14.3 Å². The third-order valence-corrected chi connectivity index (χ3v) is 5.30. The van der Waals surface area contributed by atoms with Gasteiger partial charge in [0.1, 0.15) is 23.5 Å². The predicted octanol–water partition coefficient (Wildman–Crippen LogP) is 2.33. The van der Waals surface area contributed by atoms with Crippen molar-refractivity contribution in [3.8, 4) is 0 Å². The molecule has 10 heteroatoms. The fraction of sp³-hybridized carbons (Fsp3) is 0.300. The summed E-state index contributed by atoms with van der Waals surface area (Å²) in [5.41, 5.74) is 2.76. The highest BCUT2D eigenvalue weighted by molar-refractivity contribution is 5.93. The Morgan fingerprint density at radius 1 is 1.47 bits per heavy atom. The van der Waals surface area contributed by atoms with Gasteiger partial charge in [-0.25, -0.2) is 18.9 Å². The van der Waals surface area contributed by atoms with Crippen LogP contribution in [0.15, 0.2) is 35.1 Å². The summed E-state index contributed by atoms with van der Waals surface area (Å²) in [6.07, 6.45) is 2.88. The minimum Gasteiger partial charge on any atom is -0.432 e. The lowest BCUT2D eigenvalue weighted by molar-refractivity contribution is 0.0644. The van der Waals surface area contributed by atoms with Crippen LogP contribution in [0.3, 0.4) is 0 Å². The molecule has 0 fully saturated rings. The van der Waals surface area contributed by atoms with Crippen molar-refractivity contribution in [3.05, 3.63) is 71.0 Å². The molecule has 1 aliphatic rings. The van der Waals surface area contributed by atoms with Gasteiger partial charge in [-0.2, -0.15) is 5.10 Å². The second-order valence-electron chi connectivity index (χ2n) is 7.32. The van der Waals surface area contributed by atoms with Crippen molar-refractivity contribution in [2.45, 2.75) is 32.4 Å². The van der Waals surface area contributed by atoms with Crippen molar-refractivity contribution < 1.29 is 18.7 Å². The first kappa shape index (κ1) is 18.5. The number of H-pyrrole nitrogens is 1. The van der Waals surface area contributed by atoms with Crippen molar-refractivity contribution in [2.24, 2.45) is 0 Å². The number of rotatable bonds is 3. The van der Waals surface area contributed by atoms with Gasteiger partial charge in [0.2, 0.25) is 11.7 Å². The zero-order valence-corrected chi connectivity index (χ0v) is 16.3. The zero-order valence-electron chi connectivity index (χ0n) is 16.3. The molecule has 154 valence electrons. The first-order valence-corrected chi connectivity index (χ1v) is 9.56. The number of aromatic amines is 1. The molecule has 0 bridgehead atoms. The number of hydrogen-bond acceptors (Lipinski definition) is 6. The number of aryl methyl sites for hydroxylation is 1. The molecule has 2 N–H and O–H groups in total. The highest BCUT2D eigenvalue weighted by Crippen LogP contribution is 2.35. The van der Waals surface area contributed by atoms with Gasteiger partial charge in [-0.1, -0.05) is 0 Å². The van der Waals surface area contributed by atoms with E-state index in [1.165, 1.54) is 17.5 Å². The Bertz CT molecular complexity index is 1260. The number of carbonyl (C=O) groups excluding carboxylic acids is 1. The van der Waals surface area contributed by atoms with E-state index < -0.39 is 18.0 Å². The van der Waals surface area contributed by atoms with Gasteiger partial charge in [0.05, 0.1) is 23.4 Å². The second kappa shape index (κ2) is 6.77. The van der Waals surface area contributed by atoms with Crippen LogP contribution in [0.1, 0.15) is 58.3 Å². The van der Waals surface area contributed by atoms with Crippen molar-refractivity contribution >= 4 is 11.4 Å². The van der Waals surface area contributed by atoms with Crippen LogP contribution >= 0.6 is 0 Å². The molecule has 0 aliphatic carbocycles. The standard InChI is InChI=1S/C20H19FN6O3/c1-10-18(30-19(24-10)11(2)28)20(29)26-7-5-13-16(23-9-22-13)17(26)14-8-15-12(21)4-3-6-27(15)25-14/h3-4,6,8-9,11,17,28H,5,7H2,1-2H3,(H,22,23)/t11?,17-/m0/s1. The lowest BCUT2D eigenvalue weighted by Crippen LogP contribution is -2.41. The van der Waals surface area contributed by atoms with Crippen LogP contribution in [0.4, 0.5) is 4.39 Å². The maximum atomic E-state index is 14.2. The minimum atomic E-state index is -0.929. The Kier molecular flexibility index (Phi) is 4.17. The van der Waals surface area contributed by atoms with Gasteiger partial charge < -0.3 is 19.4 Å². The number of amides is 1. The summed E-state index contributed by atoms with van der Waals surface area (Å²) in [4.78, 5) is 26.7. The fourth-order valence-corrected chi connectivity index (χ4v) is 3.85.